The smallest absolute Gasteiger partial charge is 0.314 e. The Kier molecular flexibility index (Phi) is 5.23. The van der Waals surface area contributed by atoms with Crippen LogP contribution < -0.4 is 4.31 Å². The molecule has 12 heteroatoms. The number of hydrogen-bond donors (Lipinski definition) is 0. The van der Waals surface area contributed by atoms with Crippen molar-refractivity contribution in [3.05, 3.63) is 41.5 Å². The number of aromatic nitrogens is 4. The molecule has 3 aromatic rings. The monoisotopic (exact) mass is 401 g/mol. The van der Waals surface area contributed by atoms with Crippen molar-refractivity contribution in [1.82, 2.24) is 20.2 Å². The van der Waals surface area contributed by atoms with Gasteiger partial charge in [-0.1, -0.05) is 0 Å². The highest BCUT2D eigenvalue weighted by Crippen LogP contribution is 2.29. The molecule has 0 aromatic carbocycles. The van der Waals surface area contributed by atoms with E-state index >= 15 is 0 Å². The third-order valence-electron chi connectivity index (χ3n) is 3.30. The van der Waals surface area contributed by atoms with Gasteiger partial charge in [-0.3, -0.25) is 9.29 Å². The number of anilines is 1. The molecule has 8 nitrogen and oxygen atoms in total. The van der Waals surface area contributed by atoms with Crippen molar-refractivity contribution in [3.63, 3.8) is 0 Å². The first kappa shape index (κ1) is 18.3. The fraction of sp³-hybridized carbons (Fsp3) is 0.286. The Hall–Kier alpha value is -2.47. The van der Waals surface area contributed by atoms with Crippen molar-refractivity contribution in [2.24, 2.45) is 0 Å². The Morgan fingerprint density at radius 2 is 2.12 bits per heavy atom. The molecule has 0 aliphatic heterocycles. The summed E-state index contributed by atoms with van der Waals surface area (Å²) in [4.78, 5) is 8.58. The Morgan fingerprint density at radius 1 is 1.31 bits per heavy atom. The third kappa shape index (κ3) is 3.85. The summed E-state index contributed by atoms with van der Waals surface area (Å²) in [6.45, 7) is 1.57. The Bertz CT molecular complexity index is 975. The zero-order valence-electron chi connectivity index (χ0n) is 13.4. The number of hydrogen-bond acceptors (Lipinski definition) is 8. The van der Waals surface area contributed by atoms with Crippen LogP contribution in [0.4, 0.5) is 14.5 Å². The largest absolute Gasteiger partial charge is 0.413 e. The lowest BCUT2D eigenvalue weighted by Gasteiger charge is -2.22. The molecule has 0 bridgehead atoms. The van der Waals surface area contributed by atoms with E-state index in [1.165, 1.54) is 16.7 Å². The Balaban J connectivity index is 1.87. The van der Waals surface area contributed by atoms with E-state index < -0.39 is 22.3 Å². The summed E-state index contributed by atoms with van der Waals surface area (Å²) >= 11 is 1.08. The van der Waals surface area contributed by atoms with Gasteiger partial charge in [-0.25, -0.2) is 13.4 Å². The number of alkyl halides is 2. The molecule has 0 amide bonds. The van der Waals surface area contributed by atoms with E-state index in [-0.39, 0.29) is 23.2 Å². The van der Waals surface area contributed by atoms with E-state index in [9.17, 15) is 17.2 Å². The maximum atomic E-state index is 12.5. The van der Waals surface area contributed by atoms with E-state index in [0.29, 0.717) is 10.6 Å². The second-order valence-corrected chi connectivity index (χ2v) is 8.29. The summed E-state index contributed by atoms with van der Waals surface area (Å²) in [6.07, 6.45) is 1.57. The maximum Gasteiger partial charge on any atom is 0.314 e. The van der Waals surface area contributed by atoms with Crippen LogP contribution in [0.25, 0.3) is 10.9 Å². The van der Waals surface area contributed by atoms with Crippen LogP contribution in [0.15, 0.2) is 35.1 Å². The summed E-state index contributed by atoms with van der Waals surface area (Å²) in [5, 5.41) is 7.02. The molecule has 26 heavy (non-hydrogen) atoms. The SMILES string of the molecule is CCS(=O)(=O)N(Cc1cnc(-c2nnc(C(F)F)o2)s1)c1cccnc1. The van der Waals surface area contributed by atoms with Crippen LogP contribution in [0, 0.1) is 0 Å². The molecule has 3 aromatic heterocycles. The molecule has 3 rings (SSSR count). The molecule has 0 N–H and O–H groups in total. The number of sulfonamides is 1. The molecule has 0 saturated heterocycles. The lowest BCUT2D eigenvalue weighted by Crippen LogP contribution is -2.31. The van der Waals surface area contributed by atoms with Crippen LogP contribution in [0.3, 0.4) is 0 Å². The average molecular weight is 401 g/mol. The van der Waals surface area contributed by atoms with E-state index in [1.807, 2.05) is 0 Å². The van der Waals surface area contributed by atoms with Crippen molar-refractivity contribution in [3.8, 4) is 10.9 Å². The van der Waals surface area contributed by atoms with Crippen LogP contribution in [0.1, 0.15) is 24.1 Å². The molecule has 0 radical (unpaired) electrons. The number of halogens is 2. The summed E-state index contributed by atoms with van der Waals surface area (Å²) in [5.41, 5.74) is 0.419. The zero-order valence-corrected chi connectivity index (χ0v) is 15.0. The van der Waals surface area contributed by atoms with Gasteiger partial charge in [-0.2, -0.15) is 8.78 Å². The maximum absolute atomic E-state index is 12.5. The van der Waals surface area contributed by atoms with Gasteiger partial charge in [0.1, 0.15) is 0 Å². The quantitative estimate of drug-likeness (QED) is 0.600. The van der Waals surface area contributed by atoms with Crippen molar-refractivity contribution in [2.75, 3.05) is 10.1 Å². The van der Waals surface area contributed by atoms with Gasteiger partial charge >= 0.3 is 6.43 Å². The van der Waals surface area contributed by atoms with Gasteiger partial charge < -0.3 is 4.42 Å². The van der Waals surface area contributed by atoms with Crippen LogP contribution in [0.5, 0.6) is 0 Å². The molecule has 0 fully saturated rings. The third-order valence-corrected chi connectivity index (χ3v) is 6.01. The number of pyridine rings is 1. The predicted molar refractivity (Wildman–Crippen MR) is 90.2 cm³/mol. The number of rotatable bonds is 7. The van der Waals surface area contributed by atoms with Gasteiger partial charge in [0.05, 0.1) is 24.2 Å². The van der Waals surface area contributed by atoms with Crippen molar-refractivity contribution in [2.45, 2.75) is 19.9 Å². The van der Waals surface area contributed by atoms with Crippen molar-refractivity contribution < 1.29 is 21.6 Å². The second kappa shape index (κ2) is 7.41. The summed E-state index contributed by atoms with van der Waals surface area (Å²) in [5.74, 6) is -1.01. The summed E-state index contributed by atoms with van der Waals surface area (Å²) in [6, 6.07) is 3.27. The lowest BCUT2D eigenvalue weighted by molar-refractivity contribution is 0.116. The van der Waals surface area contributed by atoms with Crippen LogP contribution >= 0.6 is 11.3 Å². The molecule has 0 aliphatic rings. The molecule has 138 valence electrons. The zero-order chi connectivity index (χ0) is 18.7. The van der Waals surface area contributed by atoms with E-state index in [4.69, 9.17) is 4.42 Å². The fourth-order valence-corrected chi connectivity index (χ4v) is 4.02. The van der Waals surface area contributed by atoms with Gasteiger partial charge in [0.2, 0.25) is 10.0 Å². The van der Waals surface area contributed by atoms with E-state index in [0.717, 1.165) is 11.3 Å². The summed E-state index contributed by atoms with van der Waals surface area (Å²) < 4.78 is 56.0. The Morgan fingerprint density at radius 3 is 2.73 bits per heavy atom. The fourth-order valence-electron chi connectivity index (χ4n) is 2.04. The molecule has 0 saturated carbocycles. The van der Waals surface area contributed by atoms with Gasteiger partial charge in [0.15, 0.2) is 5.01 Å². The first-order valence-electron chi connectivity index (χ1n) is 7.37. The molecule has 0 unspecified atom stereocenters. The molecule has 0 aliphatic carbocycles. The van der Waals surface area contributed by atoms with Crippen molar-refractivity contribution >= 4 is 27.0 Å². The molecular weight excluding hydrogens is 388 g/mol. The average Bonchev–Trinajstić information content (AvgIpc) is 3.29. The molecular formula is C14H13F2N5O3S2. The van der Waals surface area contributed by atoms with Gasteiger partial charge in [0.25, 0.3) is 11.8 Å². The van der Waals surface area contributed by atoms with E-state index in [1.54, 1.807) is 25.3 Å². The van der Waals surface area contributed by atoms with Crippen LogP contribution in [-0.2, 0) is 16.6 Å². The first-order valence-corrected chi connectivity index (χ1v) is 9.80. The normalized spacial score (nSPS) is 11.8. The highest BCUT2D eigenvalue weighted by atomic mass is 32.2. The number of nitrogens with zero attached hydrogens (tertiary/aromatic N) is 5. The Labute approximate surface area is 151 Å². The number of thiazole rings is 1. The van der Waals surface area contributed by atoms with Crippen molar-refractivity contribution in [1.29, 1.82) is 0 Å². The minimum absolute atomic E-state index is 0.0232. The van der Waals surface area contributed by atoms with Crippen LogP contribution in [-0.4, -0.2) is 34.3 Å². The highest BCUT2D eigenvalue weighted by Gasteiger charge is 2.23. The molecule has 3 heterocycles. The van der Waals surface area contributed by atoms with E-state index in [2.05, 4.69) is 20.2 Å². The lowest BCUT2D eigenvalue weighted by atomic mass is 10.4. The minimum atomic E-state index is -3.55. The topological polar surface area (TPSA) is 102 Å². The first-order chi connectivity index (χ1) is 12.4. The second-order valence-electron chi connectivity index (χ2n) is 5.00. The molecule has 0 atom stereocenters. The van der Waals surface area contributed by atoms with Crippen LogP contribution in [0.2, 0.25) is 0 Å². The predicted octanol–water partition coefficient (Wildman–Crippen LogP) is 2.88. The minimum Gasteiger partial charge on any atom is -0.413 e. The van der Waals surface area contributed by atoms with Gasteiger partial charge in [0, 0.05) is 17.3 Å². The van der Waals surface area contributed by atoms with Gasteiger partial charge in [-0.05, 0) is 19.1 Å². The van der Waals surface area contributed by atoms with Gasteiger partial charge in [-0.15, -0.1) is 21.5 Å². The standard InChI is InChI=1S/C14H13F2N5O3S2/c1-2-26(22,23)21(9-4-3-5-17-6-9)8-10-7-18-14(25-10)13-20-19-12(24-13)11(15)16/h3-7,11H,2,8H2,1H3. The summed E-state index contributed by atoms with van der Waals surface area (Å²) in [7, 11) is -3.55. The molecule has 0 spiro atoms. The highest BCUT2D eigenvalue weighted by molar-refractivity contribution is 7.92.